The highest BCUT2D eigenvalue weighted by molar-refractivity contribution is 5.94. The van der Waals surface area contributed by atoms with Crippen LogP contribution in [0.25, 0.3) is 0 Å². The average Bonchev–Trinajstić information content (AvgIpc) is 3.01. The number of hydrogen-bond acceptors (Lipinski definition) is 3. The molecular weight excluding hydrogens is 282 g/mol. The van der Waals surface area contributed by atoms with Gasteiger partial charge in [-0.1, -0.05) is 18.2 Å². The zero-order chi connectivity index (χ0) is 15.5. The third-order valence-electron chi connectivity index (χ3n) is 4.19. The Kier molecular flexibility index (Phi) is 4.09. The van der Waals surface area contributed by atoms with Gasteiger partial charge in [0.05, 0.1) is 0 Å². The maximum absolute atomic E-state index is 12.3. The summed E-state index contributed by atoms with van der Waals surface area (Å²) in [7, 11) is 0. The van der Waals surface area contributed by atoms with Crippen molar-refractivity contribution in [3.05, 3.63) is 35.9 Å². The van der Waals surface area contributed by atoms with Gasteiger partial charge in [-0.2, -0.15) is 0 Å². The normalized spacial score (nSPS) is 21.6. The van der Waals surface area contributed by atoms with Crippen LogP contribution in [0.1, 0.15) is 23.2 Å². The standard InChI is InChI=1S/C16H19N3O3/c20-14-7-6-13(17-14)16(22)19-10-8-18(9-11-19)15(21)12-4-2-1-3-5-12/h1-5,13H,6-11H2,(H,17,20). The van der Waals surface area contributed by atoms with Crippen LogP contribution in [0.2, 0.25) is 0 Å². The quantitative estimate of drug-likeness (QED) is 0.851. The number of amides is 3. The molecule has 6 heteroatoms. The predicted octanol–water partition coefficient (Wildman–Crippen LogP) is 0.250. The van der Waals surface area contributed by atoms with E-state index in [9.17, 15) is 14.4 Å². The molecule has 116 valence electrons. The Balaban J connectivity index is 1.55. The second-order valence-corrected chi connectivity index (χ2v) is 5.64. The molecule has 0 spiro atoms. The fraction of sp³-hybridized carbons (Fsp3) is 0.438. The van der Waals surface area contributed by atoms with Crippen LogP contribution in [0.5, 0.6) is 0 Å². The van der Waals surface area contributed by atoms with E-state index in [0.717, 1.165) is 0 Å². The molecule has 1 aromatic carbocycles. The van der Waals surface area contributed by atoms with Crippen molar-refractivity contribution in [3.63, 3.8) is 0 Å². The van der Waals surface area contributed by atoms with E-state index < -0.39 is 0 Å². The van der Waals surface area contributed by atoms with E-state index in [0.29, 0.717) is 44.6 Å². The van der Waals surface area contributed by atoms with Gasteiger partial charge in [-0.25, -0.2) is 0 Å². The lowest BCUT2D eigenvalue weighted by Gasteiger charge is -2.35. The lowest BCUT2D eigenvalue weighted by molar-refractivity contribution is -0.135. The van der Waals surface area contributed by atoms with Gasteiger partial charge < -0.3 is 15.1 Å². The molecule has 2 saturated heterocycles. The first-order valence-corrected chi connectivity index (χ1v) is 7.57. The van der Waals surface area contributed by atoms with Crippen LogP contribution in [-0.2, 0) is 9.59 Å². The van der Waals surface area contributed by atoms with Crippen LogP contribution in [0.15, 0.2) is 30.3 Å². The zero-order valence-electron chi connectivity index (χ0n) is 12.3. The average molecular weight is 301 g/mol. The molecule has 2 aliphatic rings. The van der Waals surface area contributed by atoms with Crippen LogP contribution in [0.4, 0.5) is 0 Å². The zero-order valence-corrected chi connectivity index (χ0v) is 12.3. The summed E-state index contributed by atoms with van der Waals surface area (Å²) in [6.07, 6.45) is 0.990. The van der Waals surface area contributed by atoms with Gasteiger partial charge in [0.1, 0.15) is 6.04 Å². The molecular formula is C16H19N3O3. The summed E-state index contributed by atoms with van der Waals surface area (Å²) < 4.78 is 0. The SMILES string of the molecule is O=C1CCC(C(=O)N2CCN(C(=O)c3ccccc3)CC2)N1. The molecule has 6 nitrogen and oxygen atoms in total. The van der Waals surface area contributed by atoms with Gasteiger partial charge >= 0.3 is 0 Å². The third-order valence-corrected chi connectivity index (χ3v) is 4.19. The number of hydrogen-bond donors (Lipinski definition) is 1. The van der Waals surface area contributed by atoms with Gasteiger partial charge in [0.25, 0.3) is 5.91 Å². The van der Waals surface area contributed by atoms with Gasteiger partial charge in [-0.3, -0.25) is 14.4 Å². The van der Waals surface area contributed by atoms with Gasteiger partial charge in [-0.05, 0) is 18.6 Å². The second-order valence-electron chi connectivity index (χ2n) is 5.64. The van der Waals surface area contributed by atoms with Crippen molar-refractivity contribution in [3.8, 4) is 0 Å². The Hall–Kier alpha value is -2.37. The fourth-order valence-corrected chi connectivity index (χ4v) is 2.91. The lowest BCUT2D eigenvalue weighted by Crippen LogP contribution is -2.54. The Morgan fingerprint density at radius 3 is 2.23 bits per heavy atom. The number of benzene rings is 1. The van der Waals surface area contributed by atoms with Crippen LogP contribution >= 0.6 is 0 Å². The molecule has 2 fully saturated rings. The maximum Gasteiger partial charge on any atom is 0.253 e. The van der Waals surface area contributed by atoms with Crippen molar-refractivity contribution in [1.82, 2.24) is 15.1 Å². The van der Waals surface area contributed by atoms with Gasteiger partial charge in [-0.15, -0.1) is 0 Å². The highest BCUT2D eigenvalue weighted by Crippen LogP contribution is 2.13. The first kappa shape index (κ1) is 14.6. The Morgan fingerprint density at radius 2 is 1.64 bits per heavy atom. The minimum atomic E-state index is -0.385. The number of piperazine rings is 1. The van der Waals surface area contributed by atoms with E-state index in [1.165, 1.54) is 0 Å². The van der Waals surface area contributed by atoms with Crippen molar-refractivity contribution < 1.29 is 14.4 Å². The third kappa shape index (κ3) is 2.95. The second kappa shape index (κ2) is 6.17. The number of carbonyl (C=O) groups excluding carboxylic acids is 3. The molecule has 1 atom stereocenters. The minimum Gasteiger partial charge on any atom is -0.344 e. The topological polar surface area (TPSA) is 69.7 Å². The van der Waals surface area contributed by atoms with E-state index in [1.54, 1.807) is 21.9 Å². The van der Waals surface area contributed by atoms with E-state index in [4.69, 9.17) is 0 Å². The summed E-state index contributed by atoms with van der Waals surface area (Å²) in [5, 5.41) is 2.70. The molecule has 0 bridgehead atoms. The van der Waals surface area contributed by atoms with Crippen molar-refractivity contribution in [2.45, 2.75) is 18.9 Å². The lowest BCUT2D eigenvalue weighted by atomic mass is 10.1. The summed E-state index contributed by atoms with van der Waals surface area (Å²) in [6, 6.07) is 8.78. The molecule has 22 heavy (non-hydrogen) atoms. The summed E-state index contributed by atoms with van der Waals surface area (Å²) in [5.74, 6) is -0.0873. The number of carbonyl (C=O) groups is 3. The first-order chi connectivity index (χ1) is 10.6. The highest BCUT2D eigenvalue weighted by Gasteiger charge is 2.33. The fourth-order valence-electron chi connectivity index (χ4n) is 2.91. The molecule has 0 radical (unpaired) electrons. The summed E-state index contributed by atoms with van der Waals surface area (Å²) in [5.41, 5.74) is 0.672. The number of nitrogens with one attached hydrogen (secondary N) is 1. The maximum atomic E-state index is 12.3. The van der Waals surface area contributed by atoms with Crippen molar-refractivity contribution in [1.29, 1.82) is 0 Å². The summed E-state index contributed by atoms with van der Waals surface area (Å²) in [4.78, 5) is 39.4. The molecule has 1 unspecified atom stereocenters. The van der Waals surface area contributed by atoms with Crippen LogP contribution in [0.3, 0.4) is 0 Å². The molecule has 0 saturated carbocycles. The molecule has 2 heterocycles. The minimum absolute atomic E-state index is 0.00173. The summed E-state index contributed by atoms with van der Waals surface area (Å²) in [6.45, 7) is 2.09. The Bertz CT molecular complexity index is 580. The van der Waals surface area contributed by atoms with Crippen molar-refractivity contribution >= 4 is 17.7 Å². The van der Waals surface area contributed by atoms with E-state index in [2.05, 4.69) is 5.32 Å². The number of nitrogens with zero attached hydrogens (tertiary/aromatic N) is 2. The largest absolute Gasteiger partial charge is 0.344 e. The van der Waals surface area contributed by atoms with Gasteiger partial charge in [0.2, 0.25) is 11.8 Å². The molecule has 3 amide bonds. The van der Waals surface area contributed by atoms with Crippen molar-refractivity contribution in [2.75, 3.05) is 26.2 Å². The van der Waals surface area contributed by atoms with Crippen molar-refractivity contribution in [2.24, 2.45) is 0 Å². The Labute approximate surface area is 129 Å². The van der Waals surface area contributed by atoms with E-state index in [-0.39, 0.29) is 23.8 Å². The molecule has 1 aromatic rings. The highest BCUT2D eigenvalue weighted by atomic mass is 16.2. The van der Waals surface area contributed by atoms with E-state index in [1.807, 2.05) is 18.2 Å². The molecule has 0 aliphatic carbocycles. The molecule has 1 N–H and O–H groups in total. The van der Waals surface area contributed by atoms with Gasteiger partial charge in [0.15, 0.2) is 0 Å². The number of rotatable bonds is 2. The molecule has 3 rings (SSSR count). The van der Waals surface area contributed by atoms with Crippen LogP contribution in [0, 0.1) is 0 Å². The van der Waals surface area contributed by atoms with E-state index >= 15 is 0 Å². The smallest absolute Gasteiger partial charge is 0.253 e. The predicted molar refractivity (Wildman–Crippen MR) is 80.1 cm³/mol. The van der Waals surface area contributed by atoms with Crippen LogP contribution in [-0.4, -0.2) is 59.7 Å². The monoisotopic (exact) mass is 301 g/mol. The van der Waals surface area contributed by atoms with Gasteiger partial charge in [0, 0.05) is 38.2 Å². The first-order valence-electron chi connectivity index (χ1n) is 7.57. The molecule has 0 aromatic heterocycles. The Morgan fingerprint density at radius 1 is 1.00 bits per heavy atom. The summed E-state index contributed by atoms with van der Waals surface area (Å²) >= 11 is 0. The molecule has 2 aliphatic heterocycles. The van der Waals surface area contributed by atoms with Crippen LogP contribution < -0.4 is 5.32 Å².